The summed E-state index contributed by atoms with van der Waals surface area (Å²) in [6.07, 6.45) is 0.815. The Bertz CT molecular complexity index is 540. The topological polar surface area (TPSA) is 70.3 Å². The summed E-state index contributed by atoms with van der Waals surface area (Å²) in [5.41, 5.74) is 1.90. The number of methoxy groups -OCH3 is 1. The predicted molar refractivity (Wildman–Crippen MR) is 67.7 cm³/mol. The number of ether oxygens (including phenoxy) is 2. The lowest BCUT2D eigenvalue weighted by Gasteiger charge is -2.08. The number of nitrogens with zero attached hydrogens (tertiary/aromatic N) is 3. The molecule has 6 heteroatoms. The number of aryl methyl sites for hydroxylation is 2. The van der Waals surface area contributed by atoms with Crippen LogP contribution in [-0.2, 0) is 24.4 Å². The van der Waals surface area contributed by atoms with E-state index in [0.29, 0.717) is 18.3 Å². The van der Waals surface area contributed by atoms with Crippen LogP contribution < -0.4 is 4.74 Å². The normalized spacial score (nSPS) is 10.7. The average Bonchev–Trinajstić information content (AvgIpc) is 2.85. The summed E-state index contributed by atoms with van der Waals surface area (Å²) in [6, 6.07) is 3.83. The maximum absolute atomic E-state index is 5.66. The molecular formula is C13H17N3O3. The molecule has 0 saturated carbocycles. The molecule has 0 fully saturated rings. The molecular weight excluding hydrogens is 246 g/mol. The number of pyridine rings is 1. The van der Waals surface area contributed by atoms with E-state index < -0.39 is 0 Å². The zero-order valence-corrected chi connectivity index (χ0v) is 11.3. The average molecular weight is 263 g/mol. The summed E-state index contributed by atoms with van der Waals surface area (Å²) in [7, 11) is 1.58. The van der Waals surface area contributed by atoms with Crippen LogP contribution in [0.15, 0.2) is 16.7 Å². The van der Waals surface area contributed by atoms with Gasteiger partial charge in [0.05, 0.1) is 5.69 Å². The van der Waals surface area contributed by atoms with Crippen molar-refractivity contribution in [1.82, 2.24) is 15.1 Å². The fraction of sp³-hybridized carbons (Fsp3) is 0.462. The molecule has 2 heterocycles. The molecule has 0 amide bonds. The Balaban J connectivity index is 2.01. The first-order chi connectivity index (χ1) is 9.22. The molecule has 0 unspecified atom stereocenters. The van der Waals surface area contributed by atoms with E-state index in [2.05, 4.69) is 15.1 Å². The van der Waals surface area contributed by atoms with Crippen LogP contribution in [0.4, 0.5) is 0 Å². The van der Waals surface area contributed by atoms with Crippen molar-refractivity contribution in [3.05, 3.63) is 35.2 Å². The van der Waals surface area contributed by atoms with Crippen molar-refractivity contribution in [2.75, 3.05) is 7.11 Å². The standard InChI is InChI=1S/C13H17N3O3/c1-4-10-11(6-5-9(2)14-10)18-8-13-15-12(7-17-3)16-19-13/h5-6H,4,7-8H2,1-3H3. The Morgan fingerprint density at radius 1 is 1.21 bits per heavy atom. The van der Waals surface area contributed by atoms with Crippen LogP contribution in [-0.4, -0.2) is 22.2 Å². The SMILES string of the molecule is CCc1nc(C)ccc1OCc1nc(COC)no1. The third-order valence-corrected chi connectivity index (χ3v) is 2.54. The molecule has 0 aliphatic heterocycles. The van der Waals surface area contributed by atoms with Crippen molar-refractivity contribution in [2.24, 2.45) is 0 Å². The van der Waals surface area contributed by atoms with Gasteiger partial charge in [0.2, 0.25) is 0 Å². The van der Waals surface area contributed by atoms with Crippen LogP contribution >= 0.6 is 0 Å². The maximum Gasteiger partial charge on any atom is 0.264 e. The van der Waals surface area contributed by atoms with Crippen molar-refractivity contribution in [1.29, 1.82) is 0 Å². The Morgan fingerprint density at radius 2 is 2.05 bits per heavy atom. The van der Waals surface area contributed by atoms with E-state index in [-0.39, 0.29) is 6.61 Å². The number of hydrogen-bond donors (Lipinski definition) is 0. The second-order valence-corrected chi connectivity index (χ2v) is 4.08. The molecule has 0 aliphatic carbocycles. The summed E-state index contributed by atoms with van der Waals surface area (Å²) in [5, 5.41) is 3.77. The first kappa shape index (κ1) is 13.5. The monoisotopic (exact) mass is 263 g/mol. The smallest absolute Gasteiger partial charge is 0.264 e. The fourth-order valence-electron chi connectivity index (χ4n) is 1.66. The second-order valence-electron chi connectivity index (χ2n) is 4.08. The predicted octanol–water partition coefficient (Wildman–Crippen LogP) is 2.06. The quantitative estimate of drug-likeness (QED) is 0.794. The van der Waals surface area contributed by atoms with Crippen LogP contribution in [0, 0.1) is 6.92 Å². The van der Waals surface area contributed by atoms with Crippen LogP contribution in [0.3, 0.4) is 0 Å². The molecule has 2 aromatic rings. The van der Waals surface area contributed by atoms with E-state index in [1.165, 1.54) is 0 Å². The molecule has 2 rings (SSSR count). The molecule has 0 spiro atoms. The fourth-order valence-corrected chi connectivity index (χ4v) is 1.66. The minimum atomic E-state index is 0.231. The van der Waals surface area contributed by atoms with E-state index >= 15 is 0 Å². The maximum atomic E-state index is 5.66. The van der Waals surface area contributed by atoms with E-state index in [1.54, 1.807) is 7.11 Å². The Labute approximate surface area is 111 Å². The van der Waals surface area contributed by atoms with E-state index in [0.717, 1.165) is 23.6 Å². The van der Waals surface area contributed by atoms with Gasteiger partial charge < -0.3 is 14.0 Å². The number of aromatic nitrogens is 3. The zero-order chi connectivity index (χ0) is 13.7. The van der Waals surface area contributed by atoms with E-state index in [4.69, 9.17) is 14.0 Å². The largest absolute Gasteiger partial charge is 0.482 e. The third kappa shape index (κ3) is 3.51. The van der Waals surface area contributed by atoms with Gasteiger partial charge in [0.1, 0.15) is 12.4 Å². The Kier molecular flexibility index (Phi) is 4.46. The molecule has 0 aromatic carbocycles. The van der Waals surface area contributed by atoms with Gasteiger partial charge in [0, 0.05) is 12.8 Å². The highest BCUT2D eigenvalue weighted by atomic mass is 16.5. The minimum Gasteiger partial charge on any atom is -0.482 e. The van der Waals surface area contributed by atoms with Crippen LogP contribution in [0.25, 0.3) is 0 Å². The van der Waals surface area contributed by atoms with Gasteiger partial charge in [-0.2, -0.15) is 4.98 Å². The lowest BCUT2D eigenvalue weighted by molar-refractivity contribution is 0.174. The lowest BCUT2D eigenvalue weighted by atomic mass is 10.2. The van der Waals surface area contributed by atoms with Crippen molar-refractivity contribution in [3.63, 3.8) is 0 Å². The van der Waals surface area contributed by atoms with E-state index in [9.17, 15) is 0 Å². The Morgan fingerprint density at radius 3 is 2.79 bits per heavy atom. The minimum absolute atomic E-state index is 0.231. The molecule has 6 nitrogen and oxygen atoms in total. The molecule has 0 radical (unpaired) electrons. The molecule has 2 aromatic heterocycles. The summed E-state index contributed by atoms with van der Waals surface area (Å²) < 4.78 is 15.6. The van der Waals surface area contributed by atoms with Gasteiger partial charge in [-0.3, -0.25) is 4.98 Å². The third-order valence-electron chi connectivity index (χ3n) is 2.54. The summed E-state index contributed by atoms with van der Waals surface area (Å²) in [4.78, 5) is 8.57. The van der Waals surface area contributed by atoms with Gasteiger partial charge in [-0.05, 0) is 25.5 Å². The summed E-state index contributed by atoms with van der Waals surface area (Å²) in [5.74, 6) is 1.69. The van der Waals surface area contributed by atoms with Gasteiger partial charge in [0.15, 0.2) is 12.4 Å². The Hall–Kier alpha value is -1.95. The molecule has 19 heavy (non-hydrogen) atoms. The molecule has 0 saturated heterocycles. The van der Waals surface area contributed by atoms with Gasteiger partial charge in [-0.25, -0.2) is 0 Å². The van der Waals surface area contributed by atoms with Gasteiger partial charge in [-0.1, -0.05) is 12.1 Å². The van der Waals surface area contributed by atoms with Crippen LogP contribution in [0.2, 0.25) is 0 Å². The highest BCUT2D eigenvalue weighted by Crippen LogP contribution is 2.18. The van der Waals surface area contributed by atoms with Crippen molar-refractivity contribution in [3.8, 4) is 5.75 Å². The highest BCUT2D eigenvalue weighted by molar-refractivity contribution is 5.29. The molecule has 102 valence electrons. The van der Waals surface area contributed by atoms with Crippen molar-refractivity contribution in [2.45, 2.75) is 33.5 Å². The van der Waals surface area contributed by atoms with E-state index in [1.807, 2.05) is 26.0 Å². The van der Waals surface area contributed by atoms with Crippen LogP contribution in [0.1, 0.15) is 30.0 Å². The van der Waals surface area contributed by atoms with Gasteiger partial charge in [-0.15, -0.1) is 0 Å². The van der Waals surface area contributed by atoms with Crippen LogP contribution in [0.5, 0.6) is 5.75 Å². The van der Waals surface area contributed by atoms with Gasteiger partial charge in [0.25, 0.3) is 5.89 Å². The highest BCUT2D eigenvalue weighted by Gasteiger charge is 2.09. The molecule has 0 aliphatic rings. The lowest BCUT2D eigenvalue weighted by Crippen LogP contribution is -2.01. The molecule has 0 atom stereocenters. The van der Waals surface area contributed by atoms with Crippen molar-refractivity contribution >= 4 is 0 Å². The first-order valence-corrected chi connectivity index (χ1v) is 6.12. The summed E-state index contributed by atoms with van der Waals surface area (Å²) >= 11 is 0. The van der Waals surface area contributed by atoms with Crippen molar-refractivity contribution < 1.29 is 14.0 Å². The number of hydrogen-bond acceptors (Lipinski definition) is 6. The first-order valence-electron chi connectivity index (χ1n) is 6.12. The van der Waals surface area contributed by atoms with Gasteiger partial charge >= 0.3 is 0 Å². The molecule has 0 bridgehead atoms. The zero-order valence-electron chi connectivity index (χ0n) is 11.3. The summed E-state index contributed by atoms with van der Waals surface area (Å²) in [6.45, 7) is 4.56. The number of rotatable bonds is 6. The molecule has 0 N–H and O–H groups in total. The second kappa shape index (κ2) is 6.29.